The van der Waals surface area contributed by atoms with Gasteiger partial charge in [-0.25, -0.2) is 4.68 Å². The summed E-state index contributed by atoms with van der Waals surface area (Å²) in [5, 5.41) is 15.4. The highest BCUT2D eigenvalue weighted by Gasteiger charge is 2.19. The highest BCUT2D eigenvalue weighted by molar-refractivity contribution is 6.07. The van der Waals surface area contributed by atoms with E-state index in [4.69, 9.17) is 0 Å². The van der Waals surface area contributed by atoms with Crippen molar-refractivity contribution in [1.29, 1.82) is 0 Å². The minimum absolute atomic E-state index is 0. The predicted molar refractivity (Wildman–Crippen MR) is 110 cm³/mol. The van der Waals surface area contributed by atoms with Gasteiger partial charge in [-0.05, 0) is 56.6 Å². The summed E-state index contributed by atoms with van der Waals surface area (Å²) in [6, 6.07) is 7.98. The van der Waals surface area contributed by atoms with Crippen LogP contribution in [-0.2, 0) is 0 Å². The number of fused-ring (bicyclic) bond motifs is 1. The average Bonchev–Trinajstić information content (AvgIpc) is 3.15. The van der Waals surface area contributed by atoms with Gasteiger partial charge < -0.3 is 10.6 Å². The van der Waals surface area contributed by atoms with Gasteiger partial charge in [-0.2, -0.15) is 0 Å². The van der Waals surface area contributed by atoms with Crippen molar-refractivity contribution in [2.24, 2.45) is 0 Å². The molecular formula is C18H22Cl2N6O. The summed E-state index contributed by atoms with van der Waals surface area (Å²) >= 11 is 0. The van der Waals surface area contributed by atoms with Crippen LogP contribution in [0.15, 0.2) is 36.7 Å². The number of aryl methyl sites for hydroxylation is 1. The second kappa shape index (κ2) is 9.12. The number of carbonyl (C=O) groups excluding carboxylic acids is 1. The van der Waals surface area contributed by atoms with E-state index in [0.29, 0.717) is 11.7 Å². The molecule has 1 aliphatic rings. The lowest BCUT2D eigenvalue weighted by molar-refractivity contribution is 0.102. The Kier molecular flexibility index (Phi) is 7.12. The third-order valence-corrected chi connectivity index (χ3v) is 4.65. The topological polar surface area (TPSA) is 84.7 Å². The molecule has 2 aromatic heterocycles. The molecule has 2 N–H and O–H groups in total. The van der Waals surface area contributed by atoms with E-state index in [2.05, 4.69) is 25.9 Å². The number of hydrogen-bond acceptors (Lipinski definition) is 5. The quantitative estimate of drug-likeness (QED) is 0.694. The van der Waals surface area contributed by atoms with Crippen LogP contribution in [-0.4, -0.2) is 39.0 Å². The number of nitrogens with one attached hydrogen (secondary N) is 2. The molecule has 27 heavy (non-hydrogen) atoms. The van der Waals surface area contributed by atoms with Crippen LogP contribution in [0, 0.1) is 6.92 Å². The lowest BCUT2D eigenvalue weighted by Gasteiger charge is -2.22. The number of hydrogen-bond donors (Lipinski definition) is 2. The molecular weight excluding hydrogens is 387 g/mol. The Hall–Kier alpha value is -2.22. The molecule has 0 atom stereocenters. The SMILES string of the molecule is Cc1ccc(NC(=O)c2cn(C3CCNCC3)nn2)c2cccnc12.Cl.Cl. The van der Waals surface area contributed by atoms with E-state index in [0.717, 1.165) is 48.1 Å². The average molecular weight is 409 g/mol. The second-order valence-electron chi connectivity index (χ2n) is 6.35. The molecule has 3 aromatic rings. The maximum atomic E-state index is 12.6. The standard InChI is InChI=1S/C18H20N6O.2ClH/c1-12-4-5-15(14-3-2-8-20-17(12)14)21-18(25)16-11-24(23-22-16)13-6-9-19-10-7-13;;/h2-5,8,11,13,19H,6-7,9-10H2,1H3,(H,21,25);2*1H. The van der Waals surface area contributed by atoms with Gasteiger partial charge in [0.15, 0.2) is 5.69 Å². The zero-order chi connectivity index (χ0) is 17.2. The van der Waals surface area contributed by atoms with E-state index >= 15 is 0 Å². The van der Waals surface area contributed by atoms with Crippen molar-refractivity contribution in [1.82, 2.24) is 25.3 Å². The Morgan fingerprint density at radius 2 is 2.00 bits per heavy atom. The van der Waals surface area contributed by atoms with Crippen LogP contribution in [0.1, 0.15) is 34.9 Å². The smallest absolute Gasteiger partial charge is 0.277 e. The molecule has 0 aliphatic carbocycles. The second-order valence-corrected chi connectivity index (χ2v) is 6.35. The highest BCUT2D eigenvalue weighted by atomic mass is 35.5. The number of benzene rings is 1. The van der Waals surface area contributed by atoms with E-state index in [-0.39, 0.29) is 30.7 Å². The Labute approximate surface area is 169 Å². The van der Waals surface area contributed by atoms with Gasteiger partial charge in [0.2, 0.25) is 0 Å². The van der Waals surface area contributed by atoms with Crippen LogP contribution in [0.3, 0.4) is 0 Å². The lowest BCUT2D eigenvalue weighted by Crippen LogP contribution is -2.29. The van der Waals surface area contributed by atoms with Crippen LogP contribution in [0.25, 0.3) is 10.9 Å². The molecule has 7 nitrogen and oxygen atoms in total. The molecule has 144 valence electrons. The number of aromatic nitrogens is 4. The number of rotatable bonds is 3. The number of piperidine rings is 1. The summed E-state index contributed by atoms with van der Waals surface area (Å²) in [4.78, 5) is 17.0. The van der Waals surface area contributed by atoms with Crippen molar-refractivity contribution in [3.63, 3.8) is 0 Å². The first-order valence-electron chi connectivity index (χ1n) is 8.50. The molecule has 0 spiro atoms. The first-order chi connectivity index (χ1) is 12.2. The first-order valence-corrected chi connectivity index (χ1v) is 8.50. The number of nitrogens with zero attached hydrogens (tertiary/aromatic N) is 4. The zero-order valence-electron chi connectivity index (χ0n) is 14.9. The molecule has 9 heteroatoms. The van der Waals surface area contributed by atoms with Gasteiger partial charge in [-0.1, -0.05) is 11.3 Å². The van der Waals surface area contributed by atoms with E-state index in [1.807, 2.05) is 35.9 Å². The van der Waals surface area contributed by atoms with Gasteiger partial charge in [0, 0.05) is 11.6 Å². The summed E-state index contributed by atoms with van der Waals surface area (Å²) in [6.07, 6.45) is 5.49. The van der Waals surface area contributed by atoms with Gasteiger partial charge in [0.05, 0.1) is 23.4 Å². The maximum Gasteiger partial charge on any atom is 0.277 e. The van der Waals surface area contributed by atoms with Crippen molar-refractivity contribution in [2.75, 3.05) is 18.4 Å². The number of carbonyl (C=O) groups is 1. The minimum Gasteiger partial charge on any atom is -0.320 e. The van der Waals surface area contributed by atoms with Crippen molar-refractivity contribution in [3.8, 4) is 0 Å². The molecule has 0 radical (unpaired) electrons. The van der Waals surface area contributed by atoms with E-state index in [1.165, 1.54) is 0 Å². The van der Waals surface area contributed by atoms with Crippen molar-refractivity contribution in [2.45, 2.75) is 25.8 Å². The molecule has 0 unspecified atom stereocenters. The number of halogens is 2. The van der Waals surface area contributed by atoms with Crippen LogP contribution in [0.4, 0.5) is 5.69 Å². The highest BCUT2D eigenvalue weighted by Crippen LogP contribution is 2.25. The molecule has 1 fully saturated rings. The van der Waals surface area contributed by atoms with Crippen molar-refractivity contribution in [3.05, 3.63) is 47.9 Å². The van der Waals surface area contributed by atoms with Gasteiger partial charge in [0.25, 0.3) is 5.91 Å². The lowest BCUT2D eigenvalue weighted by atomic mass is 10.1. The maximum absolute atomic E-state index is 12.6. The Morgan fingerprint density at radius 3 is 2.78 bits per heavy atom. The largest absolute Gasteiger partial charge is 0.320 e. The Morgan fingerprint density at radius 1 is 1.22 bits per heavy atom. The fourth-order valence-corrected chi connectivity index (χ4v) is 3.24. The van der Waals surface area contributed by atoms with Crippen LogP contribution >= 0.6 is 24.8 Å². The summed E-state index contributed by atoms with van der Waals surface area (Å²) in [7, 11) is 0. The fraction of sp³-hybridized carbons (Fsp3) is 0.333. The Balaban J connectivity index is 0.00000131. The summed E-state index contributed by atoms with van der Waals surface area (Å²) in [5.74, 6) is -0.255. The normalized spacial score (nSPS) is 14.3. The van der Waals surface area contributed by atoms with Crippen molar-refractivity contribution < 1.29 is 4.79 Å². The molecule has 4 rings (SSSR count). The number of amides is 1. The molecule has 1 saturated heterocycles. The third-order valence-electron chi connectivity index (χ3n) is 4.65. The number of anilines is 1. The summed E-state index contributed by atoms with van der Waals surface area (Å²) < 4.78 is 1.81. The molecule has 0 bridgehead atoms. The van der Waals surface area contributed by atoms with Crippen LogP contribution in [0.2, 0.25) is 0 Å². The van der Waals surface area contributed by atoms with Crippen LogP contribution in [0.5, 0.6) is 0 Å². The van der Waals surface area contributed by atoms with Crippen LogP contribution < -0.4 is 10.6 Å². The summed E-state index contributed by atoms with van der Waals surface area (Å²) in [6.45, 7) is 3.94. The van der Waals surface area contributed by atoms with E-state index in [9.17, 15) is 4.79 Å². The number of pyridine rings is 1. The molecule has 0 saturated carbocycles. The van der Waals surface area contributed by atoms with Gasteiger partial charge in [0.1, 0.15) is 0 Å². The van der Waals surface area contributed by atoms with E-state index in [1.54, 1.807) is 12.4 Å². The molecule has 3 heterocycles. The predicted octanol–water partition coefficient (Wildman–Crippen LogP) is 3.16. The van der Waals surface area contributed by atoms with Gasteiger partial charge in [-0.15, -0.1) is 29.9 Å². The fourth-order valence-electron chi connectivity index (χ4n) is 3.24. The third kappa shape index (κ3) is 4.37. The minimum atomic E-state index is -0.255. The summed E-state index contributed by atoms with van der Waals surface area (Å²) in [5.41, 5.74) is 3.02. The Bertz CT molecular complexity index is 923. The molecule has 1 aliphatic heterocycles. The van der Waals surface area contributed by atoms with Gasteiger partial charge >= 0.3 is 0 Å². The monoisotopic (exact) mass is 408 g/mol. The zero-order valence-corrected chi connectivity index (χ0v) is 16.5. The van der Waals surface area contributed by atoms with Gasteiger partial charge in [-0.3, -0.25) is 9.78 Å². The van der Waals surface area contributed by atoms with E-state index < -0.39 is 0 Å². The molecule has 1 aromatic carbocycles. The first kappa shape index (κ1) is 21.1. The van der Waals surface area contributed by atoms with Crippen molar-refractivity contribution >= 4 is 47.3 Å². The molecule has 1 amide bonds.